The molecule has 0 fully saturated rings. The molecule has 3 atom stereocenters. The number of benzene rings is 3. The van der Waals surface area contributed by atoms with Crippen LogP contribution in [0.15, 0.2) is 78.9 Å². The van der Waals surface area contributed by atoms with E-state index in [-0.39, 0.29) is 34.6 Å². The number of ether oxygens (including phenoxy) is 1. The number of rotatable bonds is 13. The van der Waals surface area contributed by atoms with Gasteiger partial charge in [0, 0.05) is 22.0 Å². The Morgan fingerprint density at radius 3 is 1.80 bits per heavy atom. The van der Waals surface area contributed by atoms with Gasteiger partial charge in [0.05, 0.1) is 0 Å². The fourth-order valence-corrected chi connectivity index (χ4v) is 4.62. The van der Waals surface area contributed by atoms with Gasteiger partial charge in [-0.2, -0.15) is 0 Å². The highest BCUT2D eigenvalue weighted by molar-refractivity contribution is 6.36. The number of amides is 2. The van der Waals surface area contributed by atoms with Gasteiger partial charge < -0.3 is 30.4 Å². The lowest BCUT2D eigenvalue weighted by molar-refractivity contribution is -0.142. The van der Waals surface area contributed by atoms with Crippen LogP contribution in [-0.2, 0) is 36.9 Å². The van der Waals surface area contributed by atoms with E-state index in [9.17, 15) is 29.1 Å². The maximum atomic E-state index is 12.7. The van der Waals surface area contributed by atoms with E-state index >= 15 is 0 Å². The third kappa shape index (κ3) is 12.1. The van der Waals surface area contributed by atoms with Crippen molar-refractivity contribution in [1.29, 1.82) is 0 Å². The zero-order valence-corrected chi connectivity index (χ0v) is 25.6. The summed E-state index contributed by atoms with van der Waals surface area (Å²) in [5, 5.41) is 23.7. The average molecular weight is 646 g/mol. The Hall–Kier alpha value is -4.41. The van der Waals surface area contributed by atoms with Crippen molar-refractivity contribution in [2.24, 2.45) is 5.92 Å². The number of nitrogens with one attached hydrogen (secondary N) is 2. The third-order valence-corrected chi connectivity index (χ3v) is 6.80. The molecule has 234 valence electrons. The maximum absolute atomic E-state index is 12.7. The lowest BCUT2D eigenvalue weighted by Crippen LogP contribution is -2.52. The minimum atomic E-state index is -1.31. The number of aldehydes is 1. The highest BCUT2D eigenvalue weighted by Gasteiger charge is 2.28. The van der Waals surface area contributed by atoms with Gasteiger partial charge in [-0.15, -0.1) is 0 Å². The second-order valence-corrected chi connectivity index (χ2v) is 10.9. The van der Waals surface area contributed by atoms with E-state index in [1.165, 1.54) is 12.1 Å². The van der Waals surface area contributed by atoms with Crippen LogP contribution in [0.5, 0.6) is 0 Å². The SMILES string of the molecule is CC(C)C[C@H](NC(=O)OCc1ccccc1)C(=O)N[C@@H](Cc1ccccc1)C(=O)O.O=CC(C(=O)O)c1c(Cl)cccc1Cl. The number of carbonyl (C=O) groups excluding carboxylic acids is 3. The smallest absolute Gasteiger partial charge is 0.408 e. The number of hydrogen-bond acceptors (Lipinski definition) is 6. The Morgan fingerprint density at radius 2 is 1.32 bits per heavy atom. The molecule has 44 heavy (non-hydrogen) atoms. The zero-order valence-electron chi connectivity index (χ0n) is 24.1. The van der Waals surface area contributed by atoms with Gasteiger partial charge in [0.1, 0.15) is 30.9 Å². The highest BCUT2D eigenvalue weighted by Crippen LogP contribution is 2.30. The van der Waals surface area contributed by atoms with Gasteiger partial charge in [0.25, 0.3) is 0 Å². The molecule has 3 aromatic rings. The summed E-state index contributed by atoms with van der Waals surface area (Å²) in [6.07, 6.45) is 0.0725. The predicted molar refractivity (Wildman–Crippen MR) is 166 cm³/mol. The summed E-state index contributed by atoms with van der Waals surface area (Å²) >= 11 is 11.5. The Kier molecular flexibility index (Phi) is 14.9. The van der Waals surface area contributed by atoms with Crippen LogP contribution >= 0.6 is 23.2 Å². The first-order chi connectivity index (χ1) is 20.9. The molecule has 0 saturated carbocycles. The number of carboxylic acid groups (broad SMARTS) is 2. The molecular weight excluding hydrogens is 611 g/mol. The Bertz CT molecular complexity index is 1380. The monoisotopic (exact) mass is 644 g/mol. The van der Waals surface area contributed by atoms with Crippen molar-refractivity contribution in [3.8, 4) is 0 Å². The molecule has 0 aliphatic heterocycles. The van der Waals surface area contributed by atoms with Crippen LogP contribution in [0.1, 0.15) is 42.9 Å². The summed E-state index contributed by atoms with van der Waals surface area (Å²) in [5.74, 6) is -4.16. The molecule has 3 rings (SSSR count). The minimum Gasteiger partial charge on any atom is -0.480 e. The summed E-state index contributed by atoms with van der Waals surface area (Å²) in [5.41, 5.74) is 1.76. The fourth-order valence-electron chi connectivity index (χ4n) is 3.99. The first-order valence-electron chi connectivity index (χ1n) is 13.6. The second kappa shape index (κ2) is 18.3. The molecular formula is C32H34Cl2N2O8. The topological polar surface area (TPSA) is 159 Å². The standard InChI is InChI=1S/C23H28N2O5.C9H6Cl2O3/c1-16(2)13-19(25-23(29)30-15-18-11-7-4-8-12-18)21(26)24-20(22(27)28)14-17-9-5-3-6-10-17;10-6-2-1-3-7(11)8(6)5(4-12)9(13)14/h3-12,16,19-20H,13-15H2,1-2H3,(H,24,26)(H,25,29)(H,27,28);1-5H,(H,13,14)/t19-,20-;/m0./s1. The van der Waals surface area contributed by atoms with Crippen molar-refractivity contribution in [2.45, 2.75) is 51.3 Å². The van der Waals surface area contributed by atoms with Crippen LogP contribution in [0.3, 0.4) is 0 Å². The molecule has 3 aromatic carbocycles. The molecule has 1 unspecified atom stereocenters. The number of aliphatic carboxylic acids is 2. The molecule has 0 saturated heterocycles. The molecule has 10 nitrogen and oxygen atoms in total. The van der Waals surface area contributed by atoms with Crippen LogP contribution in [0.2, 0.25) is 10.0 Å². The second-order valence-electron chi connectivity index (χ2n) is 10.1. The van der Waals surface area contributed by atoms with Crippen molar-refractivity contribution < 1.29 is 38.9 Å². The van der Waals surface area contributed by atoms with E-state index in [4.69, 9.17) is 33.0 Å². The van der Waals surface area contributed by atoms with E-state index in [1.807, 2.05) is 62.4 Å². The molecule has 0 aromatic heterocycles. The van der Waals surface area contributed by atoms with Crippen LogP contribution in [0.4, 0.5) is 4.79 Å². The number of halogens is 2. The summed E-state index contributed by atoms with van der Waals surface area (Å²) < 4.78 is 5.19. The van der Waals surface area contributed by atoms with Crippen LogP contribution in [0, 0.1) is 5.92 Å². The van der Waals surface area contributed by atoms with E-state index in [0.717, 1.165) is 11.1 Å². The van der Waals surface area contributed by atoms with Crippen molar-refractivity contribution in [2.75, 3.05) is 0 Å². The summed E-state index contributed by atoms with van der Waals surface area (Å²) in [4.78, 5) is 57.8. The Balaban J connectivity index is 0.000000402. The Labute approximate surface area is 265 Å². The molecule has 0 heterocycles. The van der Waals surface area contributed by atoms with E-state index < -0.39 is 41.9 Å². The lowest BCUT2D eigenvalue weighted by atomic mass is 10.0. The van der Waals surface area contributed by atoms with Crippen molar-refractivity contribution >= 4 is 53.4 Å². The van der Waals surface area contributed by atoms with Crippen molar-refractivity contribution in [1.82, 2.24) is 10.6 Å². The Morgan fingerprint density at radius 1 is 0.773 bits per heavy atom. The number of carboxylic acids is 2. The fraction of sp³-hybridized carbons (Fsp3) is 0.281. The largest absolute Gasteiger partial charge is 0.480 e. The first-order valence-corrected chi connectivity index (χ1v) is 14.3. The van der Waals surface area contributed by atoms with Gasteiger partial charge in [0.15, 0.2) is 0 Å². The van der Waals surface area contributed by atoms with Crippen molar-refractivity contribution in [3.63, 3.8) is 0 Å². The first kappa shape index (κ1) is 35.8. The average Bonchev–Trinajstić information content (AvgIpc) is 2.98. The van der Waals surface area contributed by atoms with Crippen LogP contribution < -0.4 is 10.6 Å². The summed E-state index contributed by atoms with van der Waals surface area (Å²) in [6, 6.07) is 20.8. The number of hydrogen-bond donors (Lipinski definition) is 4. The maximum Gasteiger partial charge on any atom is 0.408 e. The van der Waals surface area contributed by atoms with Gasteiger partial charge in [-0.3, -0.25) is 9.59 Å². The van der Waals surface area contributed by atoms with Gasteiger partial charge in [-0.1, -0.05) is 104 Å². The van der Waals surface area contributed by atoms with E-state index in [0.29, 0.717) is 12.7 Å². The van der Waals surface area contributed by atoms with Gasteiger partial charge in [-0.25, -0.2) is 9.59 Å². The molecule has 12 heteroatoms. The predicted octanol–water partition coefficient (Wildman–Crippen LogP) is 5.50. The van der Waals surface area contributed by atoms with Gasteiger partial charge in [0.2, 0.25) is 5.91 Å². The quantitative estimate of drug-likeness (QED) is 0.140. The van der Waals surface area contributed by atoms with E-state index in [2.05, 4.69) is 10.6 Å². The molecule has 4 N–H and O–H groups in total. The normalized spacial score (nSPS) is 12.5. The summed E-state index contributed by atoms with van der Waals surface area (Å²) in [6.45, 7) is 3.90. The van der Waals surface area contributed by atoms with Gasteiger partial charge >= 0.3 is 18.0 Å². The van der Waals surface area contributed by atoms with Crippen LogP contribution in [-0.4, -0.2) is 52.5 Å². The molecule has 0 radical (unpaired) electrons. The molecule has 0 aliphatic rings. The van der Waals surface area contributed by atoms with Gasteiger partial charge in [-0.05, 0) is 35.6 Å². The van der Waals surface area contributed by atoms with Crippen LogP contribution in [0.25, 0.3) is 0 Å². The summed E-state index contributed by atoms with van der Waals surface area (Å²) in [7, 11) is 0. The number of alkyl carbamates (subject to hydrolysis) is 1. The molecule has 0 spiro atoms. The molecule has 0 bridgehead atoms. The number of carbonyl (C=O) groups is 5. The molecule has 0 aliphatic carbocycles. The lowest BCUT2D eigenvalue weighted by Gasteiger charge is -2.22. The zero-order chi connectivity index (χ0) is 32.6. The molecule has 2 amide bonds. The minimum absolute atomic E-state index is 0.0778. The third-order valence-electron chi connectivity index (χ3n) is 6.14. The van der Waals surface area contributed by atoms with Crippen molar-refractivity contribution in [3.05, 3.63) is 106 Å². The highest BCUT2D eigenvalue weighted by atomic mass is 35.5. The van der Waals surface area contributed by atoms with E-state index in [1.54, 1.807) is 18.2 Å².